The fourth-order valence-electron chi connectivity index (χ4n) is 8.25. The van der Waals surface area contributed by atoms with E-state index in [0.717, 1.165) is 48.7 Å². The molecule has 244 valence electrons. The third kappa shape index (κ3) is 4.03. The normalized spacial score (nSPS) is 18.5. The molecule has 2 unspecified atom stereocenters. The Balaban J connectivity index is 1.28. The monoisotopic (exact) mass is 656 g/mol. The van der Waals surface area contributed by atoms with E-state index in [1.807, 2.05) is 54.6 Å². The zero-order valence-corrected chi connectivity index (χ0v) is 27.2. The Kier molecular flexibility index (Phi) is 6.13. The van der Waals surface area contributed by atoms with Crippen LogP contribution in [0.4, 0.5) is 0 Å². The number of hydrogen-bond acceptors (Lipinski definition) is 6. The SMILES string of the molecule is Cc1ccc2c(ccc3c(-c4c(O)ccc5c4ccc4cc(C6(O)c7ccc(O)cc7C(C)(O)c7ccc(O)cc76)ccc45)c(O)ccc32)c1. The summed E-state index contributed by atoms with van der Waals surface area (Å²) >= 11 is 0. The van der Waals surface area contributed by atoms with Gasteiger partial charge in [0.2, 0.25) is 0 Å². The minimum atomic E-state index is -1.78. The van der Waals surface area contributed by atoms with Crippen molar-refractivity contribution in [3.8, 4) is 34.1 Å². The average Bonchev–Trinajstić information content (AvgIpc) is 3.10. The maximum atomic E-state index is 12.8. The molecular formula is C44H32O6. The molecule has 0 aromatic heterocycles. The van der Waals surface area contributed by atoms with Gasteiger partial charge in [0, 0.05) is 16.7 Å². The molecule has 9 rings (SSSR count). The van der Waals surface area contributed by atoms with Gasteiger partial charge in [0.25, 0.3) is 0 Å². The maximum Gasteiger partial charge on any atom is 0.141 e. The minimum absolute atomic E-state index is 0.0418. The van der Waals surface area contributed by atoms with Gasteiger partial charge in [-0.3, -0.25) is 0 Å². The highest BCUT2D eigenvalue weighted by atomic mass is 16.3. The second-order valence-corrected chi connectivity index (χ2v) is 13.6. The number of phenolic OH excluding ortho intramolecular Hbond substituents is 4. The summed E-state index contributed by atoms with van der Waals surface area (Å²) in [6.07, 6.45) is 0. The van der Waals surface area contributed by atoms with E-state index in [-0.39, 0.29) is 23.0 Å². The standard InChI is InChI=1S/C44H32O6/c1-23-3-9-29-24(19-23)4-10-33-31(29)13-17-39(47)41(33)42-34-11-5-25-20-26(6-12-30(25)32(34)14-18-40(42)48)44(50)36-16-8-27(45)21-37(36)43(2,49)35-15-7-28(46)22-38(35)44/h3-22,45-50H,1-2H3. The smallest absolute Gasteiger partial charge is 0.141 e. The highest BCUT2D eigenvalue weighted by Crippen LogP contribution is 2.53. The molecule has 0 saturated heterocycles. The average molecular weight is 657 g/mol. The summed E-state index contributed by atoms with van der Waals surface area (Å²) in [5.41, 5.74) is 0.894. The van der Waals surface area contributed by atoms with Gasteiger partial charge in [0.05, 0.1) is 0 Å². The summed E-state index contributed by atoms with van der Waals surface area (Å²) in [5.74, 6) is 0.00151. The predicted octanol–water partition coefficient (Wildman–Crippen LogP) is 8.95. The molecule has 2 atom stereocenters. The Morgan fingerprint density at radius 1 is 0.420 bits per heavy atom. The number of aryl methyl sites for hydroxylation is 1. The van der Waals surface area contributed by atoms with Crippen LogP contribution in [0.5, 0.6) is 23.0 Å². The van der Waals surface area contributed by atoms with Crippen LogP contribution in [-0.2, 0) is 11.2 Å². The van der Waals surface area contributed by atoms with Gasteiger partial charge in [-0.2, -0.15) is 0 Å². The van der Waals surface area contributed by atoms with Crippen LogP contribution in [0.3, 0.4) is 0 Å². The van der Waals surface area contributed by atoms with E-state index in [1.165, 1.54) is 24.3 Å². The maximum absolute atomic E-state index is 12.8. The lowest BCUT2D eigenvalue weighted by Crippen LogP contribution is -2.42. The van der Waals surface area contributed by atoms with Crippen LogP contribution in [0, 0.1) is 6.92 Å². The molecule has 1 aliphatic rings. The molecule has 8 aromatic carbocycles. The summed E-state index contributed by atoms with van der Waals surface area (Å²) in [6, 6.07) is 36.0. The van der Waals surface area contributed by atoms with Crippen LogP contribution in [0.1, 0.15) is 40.3 Å². The van der Waals surface area contributed by atoms with Crippen molar-refractivity contribution in [3.05, 3.63) is 155 Å². The molecule has 1 aliphatic carbocycles. The Morgan fingerprint density at radius 3 is 1.54 bits per heavy atom. The van der Waals surface area contributed by atoms with Gasteiger partial charge < -0.3 is 30.6 Å². The van der Waals surface area contributed by atoms with Gasteiger partial charge in [-0.15, -0.1) is 0 Å². The van der Waals surface area contributed by atoms with E-state index >= 15 is 0 Å². The van der Waals surface area contributed by atoms with Crippen LogP contribution in [0.25, 0.3) is 54.2 Å². The molecule has 0 saturated carbocycles. The predicted molar refractivity (Wildman–Crippen MR) is 197 cm³/mol. The van der Waals surface area contributed by atoms with Crippen LogP contribution in [0.2, 0.25) is 0 Å². The van der Waals surface area contributed by atoms with Gasteiger partial charge >= 0.3 is 0 Å². The van der Waals surface area contributed by atoms with Crippen molar-refractivity contribution < 1.29 is 30.6 Å². The first-order chi connectivity index (χ1) is 24.0. The summed E-state index contributed by atoms with van der Waals surface area (Å²) in [5, 5.41) is 75.3. The van der Waals surface area contributed by atoms with E-state index in [0.29, 0.717) is 38.9 Å². The van der Waals surface area contributed by atoms with Gasteiger partial charge in [0.1, 0.15) is 34.2 Å². The third-order valence-electron chi connectivity index (χ3n) is 10.6. The highest BCUT2D eigenvalue weighted by molar-refractivity contribution is 6.19. The Bertz CT molecular complexity index is 2760. The van der Waals surface area contributed by atoms with Crippen molar-refractivity contribution in [1.29, 1.82) is 0 Å². The number of rotatable bonds is 2. The molecule has 0 fully saturated rings. The summed E-state index contributed by atoms with van der Waals surface area (Å²) in [6.45, 7) is 3.67. The van der Waals surface area contributed by atoms with Crippen LogP contribution in [0.15, 0.2) is 121 Å². The van der Waals surface area contributed by atoms with E-state index in [9.17, 15) is 30.6 Å². The minimum Gasteiger partial charge on any atom is -0.508 e. The zero-order chi connectivity index (χ0) is 34.7. The fraction of sp³-hybridized carbons (Fsp3) is 0.0909. The molecule has 0 heterocycles. The van der Waals surface area contributed by atoms with Crippen LogP contribution in [-0.4, -0.2) is 30.6 Å². The van der Waals surface area contributed by atoms with Gasteiger partial charge in [-0.25, -0.2) is 0 Å². The van der Waals surface area contributed by atoms with Gasteiger partial charge in [0.15, 0.2) is 0 Å². The van der Waals surface area contributed by atoms with Crippen molar-refractivity contribution in [2.24, 2.45) is 0 Å². The number of aromatic hydroxyl groups is 4. The van der Waals surface area contributed by atoms with E-state index in [1.54, 1.807) is 31.2 Å². The summed E-state index contributed by atoms with van der Waals surface area (Å²) in [4.78, 5) is 0. The van der Waals surface area contributed by atoms with Crippen molar-refractivity contribution in [2.75, 3.05) is 0 Å². The van der Waals surface area contributed by atoms with Crippen molar-refractivity contribution in [3.63, 3.8) is 0 Å². The second kappa shape index (κ2) is 10.2. The zero-order valence-electron chi connectivity index (χ0n) is 27.2. The van der Waals surface area contributed by atoms with Crippen LogP contribution < -0.4 is 0 Å². The van der Waals surface area contributed by atoms with Gasteiger partial charge in [-0.1, -0.05) is 84.4 Å². The first-order valence-electron chi connectivity index (χ1n) is 16.4. The number of benzene rings is 8. The number of fused-ring (bicyclic) bond motifs is 8. The van der Waals surface area contributed by atoms with Gasteiger partial charge in [-0.05, 0) is 122 Å². The van der Waals surface area contributed by atoms with E-state index in [2.05, 4.69) is 25.1 Å². The topological polar surface area (TPSA) is 121 Å². The van der Waals surface area contributed by atoms with E-state index in [4.69, 9.17) is 0 Å². The summed E-state index contributed by atoms with van der Waals surface area (Å²) in [7, 11) is 0. The number of aliphatic hydroxyl groups is 2. The molecule has 50 heavy (non-hydrogen) atoms. The Hall–Kier alpha value is -6.08. The van der Waals surface area contributed by atoms with Crippen LogP contribution >= 0.6 is 0 Å². The first kappa shape index (κ1) is 30.0. The van der Waals surface area contributed by atoms with Crippen molar-refractivity contribution >= 4 is 43.1 Å². The second-order valence-electron chi connectivity index (χ2n) is 13.6. The van der Waals surface area contributed by atoms with Crippen molar-refractivity contribution in [1.82, 2.24) is 0 Å². The molecule has 0 spiro atoms. The molecule has 8 aromatic rings. The fourth-order valence-corrected chi connectivity index (χ4v) is 8.25. The van der Waals surface area contributed by atoms with Crippen molar-refractivity contribution in [2.45, 2.75) is 25.0 Å². The molecule has 6 nitrogen and oxygen atoms in total. The number of hydrogen-bond donors (Lipinski definition) is 6. The highest BCUT2D eigenvalue weighted by Gasteiger charge is 2.48. The lowest BCUT2D eigenvalue weighted by Gasteiger charge is -2.43. The number of phenols is 4. The molecular weight excluding hydrogens is 624 g/mol. The Morgan fingerprint density at radius 2 is 0.920 bits per heavy atom. The molecule has 0 bridgehead atoms. The summed E-state index contributed by atoms with van der Waals surface area (Å²) < 4.78 is 0. The molecule has 6 heteroatoms. The Labute approximate surface area is 287 Å². The lowest BCUT2D eigenvalue weighted by molar-refractivity contribution is 0.0611. The quantitative estimate of drug-likeness (QED) is 0.103. The molecule has 0 radical (unpaired) electrons. The lowest BCUT2D eigenvalue weighted by atomic mass is 9.65. The molecule has 6 N–H and O–H groups in total. The molecule has 0 amide bonds. The largest absolute Gasteiger partial charge is 0.508 e. The molecule has 0 aliphatic heterocycles. The van der Waals surface area contributed by atoms with E-state index < -0.39 is 11.2 Å². The first-order valence-corrected chi connectivity index (χ1v) is 16.4. The third-order valence-corrected chi connectivity index (χ3v) is 10.6.